The van der Waals surface area contributed by atoms with Crippen LogP contribution in [0.2, 0.25) is 0 Å². The quantitative estimate of drug-likeness (QED) is 0.347. The van der Waals surface area contributed by atoms with Crippen molar-refractivity contribution in [2.45, 2.75) is 65.1 Å². The Morgan fingerprint density at radius 2 is 1.74 bits per heavy atom. The van der Waals surface area contributed by atoms with Crippen LogP contribution in [0.5, 0.6) is 5.75 Å². The number of nitrogens with one attached hydrogen (secondary N) is 1. The van der Waals surface area contributed by atoms with Gasteiger partial charge in [-0.25, -0.2) is 5.48 Å². The van der Waals surface area contributed by atoms with E-state index in [1.807, 2.05) is 39.8 Å². The Morgan fingerprint density at radius 1 is 1.13 bits per heavy atom. The molecule has 0 radical (unpaired) electrons. The number of rotatable bonds is 8. The fraction of sp³-hybridized carbons (Fsp3) is 0.517. The Labute approximate surface area is 229 Å². The van der Waals surface area contributed by atoms with Gasteiger partial charge >= 0.3 is 0 Å². The van der Waals surface area contributed by atoms with Gasteiger partial charge in [0.2, 0.25) is 11.8 Å². The Hall–Kier alpha value is -3.50. The van der Waals surface area contributed by atoms with E-state index in [4.69, 9.17) is 10.5 Å². The van der Waals surface area contributed by atoms with Crippen molar-refractivity contribution in [2.75, 3.05) is 19.6 Å². The SMILES string of the molecule is Cc1cc(COc2ccc(C3(N)CCN(C(C(=O)NO)C4CCN(C(=O)C(C)C)CC4)C3=O)cc2)cc(C)n1. The molecule has 1 aromatic carbocycles. The van der Waals surface area contributed by atoms with Gasteiger partial charge in [0.25, 0.3) is 5.91 Å². The maximum Gasteiger partial charge on any atom is 0.266 e. The van der Waals surface area contributed by atoms with E-state index < -0.39 is 17.5 Å². The van der Waals surface area contributed by atoms with Crippen LogP contribution in [0.25, 0.3) is 0 Å². The average molecular weight is 538 g/mol. The number of carbonyl (C=O) groups excluding carboxylic acids is 3. The Morgan fingerprint density at radius 3 is 2.31 bits per heavy atom. The van der Waals surface area contributed by atoms with Crippen molar-refractivity contribution >= 4 is 17.7 Å². The number of benzene rings is 1. The summed E-state index contributed by atoms with van der Waals surface area (Å²) in [5, 5.41) is 9.49. The minimum absolute atomic E-state index is 0.0771. The summed E-state index contributed by atoms with van der Waals surface area (Å²) >= 11 is 0. The highest BCUT2D eigenvalue weighted by Crippen LogP contribution is 2.36. The lowest BCUT2D eigenvalue weighted by atomic mass is 9.86. The summed E-state index contributed by atoms with van der Waals surface area (Å²) in [4.78, 5) is 46.6. The maximum atomic E-state index is 13.7. The monoisotopic (exact) mass is 537 g/mol. The van der Waals surface area contributed by atoms with Gasteiger partial charge in [-0.15, -0.1) is 0 Å². The third kappa shape index (κ3) is 6.07. The molecule has 0 spiro atoms. The molecule has 2 saturated heterocycles. The number of nitrogens with zero attached hydrogens (tertiary/aromatic N) is 3. The van der Waals surface area contributed by atoms with Crippen LogP contribution >= 0.6 is 0 Å². The number of hydrogen-bond acceptors (Lipinski definition) is 7. The molecule has 210 valence electrons. The number of pyridine rings is 1. The average Bonchev–Trinajstić information content (AvgIpc) is 3.22. The highest BCUT2D eigenvalue weighted by Gasteiger charge is 2.50. The molecule has 0 bridgehead atoms. The van der Waals surface area contributed by atoms with Crippen LogP contribution in [0.4, 0.5) is 0 Å². The van der Waals surface area contributed by atoms with Crippen molar-refractivity contribution in [1.29, 1.82) is 0 Å². The number of aromatic nitrogens is 1. The summed E-state index contributed by atoms with van der Waals surface area (Å²) < 4.78 is 5.93. The van der Waals surface area contributed by atoms with Gasteiger partial charge in [-0.2, -0.15) is 0 Å². The Balaban J connectivity index is 1.44. The molecule has 2 unspecified atom stereocenters. The van der Waals surface area contributed by atoms with E-state index in [0.29, 0.717) is 50.3 Å². The van der Waals surface area contributed by atoms with Crippen molar-refractivity contribution in [3.63, 3.8) is 0 Å². The van der Waals surface area contributed by atoms with Crippen LogP contribution in [0.1, 0.15) is 55.6 Å². The van der Waals surface area contributed by atoms with Gasteiger partial charge in [0.15, 0.2) is 0 Å². The zero-order valence-corrected chi connectivity index (χ0v) is 23.1. The smallest absolute Gasteiger partial charge is 0.266 e. The van der Waals surface area contributed by atoms with Gasteiger partial charge in [0, 0.05) is 36.9 Å². The standard InChI is InChI=1S/C29H39N5O5/c1-18(2)27(36)33-12-9-22(10-13-33)25(26(35)32-38)34-14-11-29(30,28(34)37)23-5-7-24(8-6-23)39-17-21-15-19(3)31-20(4)16-21/h5-8,15-16,18,22,25,38H,9-14,17,30H2,1-4H3,(H,32,35). The molecule has 3 amide bonds. The number of aryl methyl sites for hydroxylation is 2. The number of hydroxylamine groups is 1. The number of ether oxygens (including phenoxy) is 1. The summed E-state index contributed by atoms with van der Waals surface area (Å²) in [6, 6.07) is 10.3. The van der Waals surface area contributed by atoms with Gasteiger partial charge in [-0.05, 0) is 74.4 Å². The minimum atomic E-state index is -1.29. The first kappa shape index (κ1) is 28.5. The van der Waals surface area contributed by atoms with E-state index in [9.17, 15) is 19.6 Å². The first-order chi connectivity index (χ1) is 18.5. The van der Waals surface area contributed by atoms with Crippen LogP contribution in [0.3, 0.4) is 0 Å². The van der Waals surface area contributed by atoms with E-state index in [0.717, 1.165) is 17.0 Å². The van der Waals surface area contributed by atoms with Crippen molar-refractivity contribution in [3.05, 3.63) is 58.9 Å². The van der Waals surface area contributed by atoms with Gasteiger partial charge in [0.05, 0.1) is 0 Å². The molecule has 2 aliphatic rings. The predicted molar refractivity (Wildman–Crippen MR) is 145 cm³/mol. The zero-order chi connectivity index (χ0) is 28.3. The first-order valence-corrected chi connectivity index (χ1v) is 13.5. The number of nitrogens with two attached hydrogens (primary N) is 1. The fourth-order valence-electron chi connectivity index (χ4n) is 5.79. The Kier molecular flexibility index (Phi) is 8.56. The normalized spacial score (nSPS) is 20.8. The molecule has 4 rings (SSSR count). The summed E-state index contributed by atoms with van der Waals surface area (Å²) in [5.41, 5.74) is 10.7. The Bertz CT molecular complexity index is 1190. The first-order valence-electron chi connectivity index (χ1n) is 13.5. The molecule has 4 N–H and O–H groups in total. The van der Waals surface area contributed by atoms with E-state index in [-0.39, 0.29) is 30.2 Å². The summed E-state index contributed by atoms with van der Waals surface area (Å²) in [7, 11) is 0. The lowest BCUT2D eigenvalue weighted by molar-refractivity contribution is -0.148. The molecule has 10 nitrogen and oxygen atoms in total. The van der Waals surface area contributed by atoms with Gasteiger partial charge in [0.1, 0.15) is 23.9 Å². The predicted octanol–water partition coefficient (Wildman–Crippen LogP) is 2.43. The van der Waals surface area contributed by atoms with Crippen molar-refractivity contribution in [2.24, 2.45) is 17.6 Å². The van der Waals surface area contributed by atoms with Crippen LogP contribution in [0, 0.1) is 25.7 Å². The van der Waals surface area contributed by atoms with E-state index in [1.165, 1.54) is 4.90 Å². The van der Waals surface area contributed by atoms with Crippen LogP contribution in [-0.2, 0) is 26.5 Å². The number of amides is 3. The zero-order valence-electron chi connectivity index (χ0n) is 23.1. The van der Waals surface area contributed by atoms with Gasteiger partial charge < -0.3 is 20.3 Å². The number of piperidine rings is 1. The molecular formula is C29H39N5O5. The van der Waals surface area contributed by atoms with Crippen molar-refractivity contribution in [1.82, 2.24) is 20.3 Å². The van der Waals surface area contributed by atoms with Gasteiger partial charge in [-0.1, -0.05) is 26.0 Å². The van der Waals surface area contributed by atoms with Crippen molar-refractivity contribution in [3.8, 4) is 5.75 Å². The highest BCUT2D eigenvalue weighted by atomic mass is 16.5. The number of hydrogen-bond donors (Lipinski definition) is 3. The summed E-state index contributed by atoms with van der Waals surface area (Å²) in [5.74, 6) is -0.558. The van der Waals surface area contributed by atoms with E-state index >= 15 is 0 Å². The van der Waals surface area contributed by atoms with Crippen LogP contribution in [0.15, 0.2) is 36.4 Å². The number of carbonyl (C=O) groups is 3. The van der Waals surface area contributed by atoms with E-state index in [2.05, 4.69) is 4.98 Å². The molecule has 39 heavy (non-hydrogen) atoms. The minimum Gasteiger partial charge on any atom is -0.489 e. The highest BCUT2D eigenvalue weighted by molar-refractivity contribution is 5.94. The molecule has 3 heterocycles. The van der Waals surface area contributed by atoms with Crippen LogP contribution in [-0.4, -0.2) is 63.4 Å². The third-order valence-electron chi connectivity index (χ3n) is 7.81. The lowest BCUT2D eigenvalue weighted by Gasteiger charge is -2.39. The van der Waals surface area contributed by atoms with Gasteiger partial charge in [-0.3, -0.25) is 24.6 Å². The molecule has 2 aliphatic heterocycles. The second-order valence-corrected chi connectivity index (χ2v) is 11.0. The maximum absolute atomic E-state index is 13.7. The topological polar surface area (TPSA) is 138 Å². The summed E-state index contributed by atoms with van der Waals surface area (Å²) in [6.07, 6.45) is 1.45. The molecule has 2 atom stereocenters. The largest absolute Gasteiger partial charge is 0.489 e. The number of likely N-dealkylation sites (tertiary alicyclic amines) is 2. The molecule has 1 aromatic heterocycles. The van der Waals surface area contributed by atoms with Crippen LogP contribution < -0.4 is 16.0 Å². The van der Waals surface area contributed by atoms with E-state index in [1.54, 1.807) is 34.6 Å². The van der Waals surface area contributed by atoms with Crippen molar-refractivity contribution < 1.29 is 24.3 Å². The second kappa shape index (κ2) is 11.7. The fourth-order valence-corrected chi connectivity index (χ4v) is 5.79. The second-order valence-electron chi connectivity index (χ2n) is 11.0. The molecule has 10 heteroatoms. The summed E-state index contributed by atoms with van der Waals surface area (Å²) in [6.45, 7) is 9.31. The molecule has 0 aliphatic carbocycles. The molecular weight excluding hydrogens is 498 g/mol. The lowest BCUT2D eigenvalue weighted by Crippen LogP contribution is -2.56. The molecule has 0 saturated carbocycles. The third-order valence-corrected chi connectivity index (χ3v) is 7.81. The molecule has 2 aromatic rings. The molecule has 2 fully saturated rings.